The first-order valence-electron chi connectivity index (χ1n) is 4.89. The lowest BCUT2D eigenvalue weighted by Crippen LogP contribution is -2.30. The standard InChI is InChI=1S/C9H18N2O2/c1-2-10-9(13)4-6-11-5-3-8(12)7-11/h8,12H,2-7H2,1H3,(H,10,13). The van der Waals surface area contributed by atoms with Crippen molar-refractivity contribution in [2.75, 3.05) is 26.2 Å². The van der Waals surface area contributed by atoms with Gasteiger partial charge in [0.15, 0.2) is 0 Å². The topological polar surface area (TPSA) is 52.6 Å². The van der Waals surface area contributed by atoms with E-state index in [1.54, 1.807) is 0 Å². The number of hydrogen-bond acceptors (Lipinski definition) is 3. The second-order valence-electron chi connectivity index (χ2n) is 3.45. The summed E-state index contributed by atoms with van der Waals surface area (Å²) in [7, 11) is 0. The Morgan fingerprint density at radius 1 is 1.69 bits per heavy atom. The van der Waals surface area contributed by atoms with Gasteiger partial charge in [-0.05, 0) is 13.3 Å². The van der Waals surface area contributed by atoms with E-state index in [1.807, 2.05) is 6.92 Å². The summed E-state index contributed by atoms with van der Waals surface area (Å²) < 4.78 is 0. The Morgan fingerprint density at radius 3 is 3.00 bits per heavy atom. The van der Waals surface area contributed by atoms with Crippen LogP contribution in [0.15, 0.2) is 0 Å². The lowest BCUT2D eigenvalue weighted by molar-refractivity contribution is -0.121. The normalized spacial score (nSPS) is 23.4. The lowest BCUT2D eigenvalue weighted by Gasteiger charge is -2.13. The molecule has 0 radical (unpaired) electrons. The highest BCUT2D eigenvalue weighted by Crippen LogP contribution is 2.08. The molecule has 1 fully saturated rings. The summed E-state index contributed by atoms with van der Waals surface area (Å²) in [5.41, 5.74) is 0. The minimum Gasteiger partial charge on any atom is -0.392 e. The molecule has 1 amide bonds. The highest BCUT2D eigenvalue weighted by molar-refractivity contribution is 5.75. The molecule has 1 aliphatic heterocycles. The first-order chi connectivity index (χ1) is 6.22. The minimum atomic E-state index is -0.186. The summed E-state index contributed by atoms with van der Waals surface area (Å²) in [5.74, 6) is 0.101. The van der Waals surface area contributed by atoms with Crippen LogP contribution in [0.25, 0.3) is 0 Å². The van der Waals surface area contributed by atoms with Crippen LogP contribution in [0, 0.1) is 0 Å². The summed E-state index contributed by atoms with van der Waals surface area (Å²) in [4.78, 5) is 13.2. The monoisotopic (exact) mass is 186 g/mol. The number of nitrogens with zero attached hydrogens (tertiary/aromatic N) is 1. The van der Waals surface area contributed by atoms with Crippen molar-refractivity contribution in [2.45, 2.75) is 25.9 Å². The van der Waals surface area contributed by atoms with Gasteiger partial charge in [-0.1, -0.05) is 0 Å². The summed E-state index contributed by atoms with van der Waals surface area (Å²) >= 11 is 0. The first kappa shape index (κ1) is 10.5. The van der Waals surface area contributed by atoms with Crippen molar-refractivity contribution < 1.29 is 9.90 Å². The molecule has 2 N–H and O–H groups in total. The van der Waals surface area contributed by atoms with E-state index in [-0.39, 0.29) is 12.0 Å². The van der Waals surface area contributed by atoms with Crippen molar-refractivity contribution >= 4 is 5.91 Å². The van der Waals surface area contributed by atoms with Crippen molar-refractivity contribution in [3.8, 4) is 0 Å². The fraction of sp³-hybridized carbons (Fsp3) is 0.889. The molecule has 0 aromatic heterocycles. The van der Waals surface area contributed by atoms with E-state index in [1.165, 1.54) is 0 Å². The zero-order chi connectivity index (χ0) is 9.68. The van der Waals surface area contributed by atoms with E-state index in [0.29, 0.717) is 13.0 Å². The molecule has 1 saturated heterocycles. The van der Waals surface area contributed by atoms with Gasteiger partial charge in [0.1, 0.15) is 0 Å². The number of rotatable bonds is 4. The Hall–Kier alpha value is -0.610. The number of likely N-dealkylation sites (tertiary alicyclic amines) is 1. The zero-order valence-corrected chi connectivity index (χ0v) is 8.12. The molecule has 1 aliphatic rings. The number of nitrogens with one attached hydrogen (secondary N) is 1. The maximum Gasteiger partial charge on any atom is 0.221 e. The fourth-order valence-corrected chi connectivity index (χ4v) is 1.56. The van der Waals surface area contributed by atoms with Gasteiger partial charge in [0.2, 0.25) is 5.91 Å². The van der Waals surface area contributed by atoms with Crippen LogP contribution >= 0.6 is 0 Å². The molecule has 0 aromatic carbocycles. The Kier molecular flexibility index (Phi) is 4.18. The Bertz CT molecular complexity index is 173. The number of aliphatic hydroxyl groups is 1. The molecular formula is C9H18N2O2. The molecular weight excluding hydrogens is 168 g/mol. The van der Waals surface area contributed by atoms with Gasteiger partial charge < -0.3 is 15.3 Å². The maximum absolute atomic E-state index is 11.1. The van der Waals surface area contributed by atoms with Crippen molar-refractivity contribution in [3.05, 3.63) is 0 Å². The third-order valence-electron chi connectivity index (χ3n) is 2.28. The average Bonchev–Trinajstić information content (AvgIpc) is 2.49. The summed E-state index contributed by atoms with van der Waals surface area (Å²) in [6.07, 6.45) is 1.20. The van der Waals surface area contributed by atoms with E-state index in [0.717, 1.165) is 26.1 Å². The molecule has 13 heavy (non-hydrogen) atoms. The molecule has 4 heteroatoms. The highest BCUT2D eigenvalue weighted by atomic mass is 16.3. The molecule has 0 bridgehead atoms. The first-order valence-corrected chi connectivity index (χ1v) is 4.89. The van der Waals surface area contributed by atoms with E-state index in [4.69, 9.17) is 0 Å². The van der Waals surface area contributed by atoms with E-state index in [9.17, 15) is 9.90 Å². The number of β-amino-alcohol motifs (C(OH)–C–C–N with tert-alkyl or cyclic N) is 1. The second-order valence-corrected chi connectivity index (χ2v) is 3.45. The molecule has 4 nitrogen and oxygen atoms in total. The maximum atomic E-state index is 11.1. The number of amides is 1. The Labute approximate surface area is 78.9 Å². The van der Waals surface area contributed by atoms with Gasteiger partial charge in [-0.25, -0.2) is 0 Å². The molecule has 0 aliphatic carbocycles. The van der Waals surface area contributed by atoms with Crippen LogP contribution in [-0.4, -0.2) is 48.2 Å². The summed E-state index contributed by atoms with van der Waals surface area (Å²) in [6, 6.07) is 0. The van der Waals surface area contributed by atoms with Crippen molar-refractivity contribution in [3.63, 3.8) is 0 Å². The quantitative estimate of drug-likeness (QED) is 0.627. The Balaban J connectivity index is 2.09. The molecule has 1 rings (SSSR count). The summed E-state index contributed by atoms with van der Waals surface area (Å²) in [6.45, 7) is 5.02. The van der Waals surface area contributed by atoms with Crippen LogP contribution < -0.4 is 5.32 Å². The van der Waals surface area contributed by atoms with Gasteiger partial charge in [-0.2, -0.15) is 0 Å². The number of carbonyl (C=O) groups is 1. The molecule has 1 unspecified atom stereocenters. The van der Waals surface area contributed by atoms with Crippen molar-refractivity contribution in [1.29, 1.82) is 0 Å². The molecule has 1 heterocycles. The predicted molar refractivity (Wildman–Crippen MR) is 50.4 cm³/mol. The minimum absolute atomic E-state index is 0.101. The van der Waals surface area contributed by atoms with Crippen LogP contribution in [0.4, 0.5) is 0 Å². The second kappa shape index (κ2) is 5.19. The van der Waals surface area contributed by atoms with E-state index >= 15 is 0 Å². The number of aliphatic hydroxyl groups excluding tert-OH is 1. The smallest absolute Gasteiger partial charge is 0.221 e. The van der Waals surface area contributed by atoms with Gasteiger partial charge in [0.25, 0.3) is 0 Å². The lowest BCUT2D eigenvalue weighted by atomic mass is 10.3. The van der Waals surface area contributed by atoms with Gasteiger partial charge in [-0.3, -0.25) is 4.79 Å². The van der Waals surface area contributed by atoms with E-state index < -0.39 is 0 Å². The molecule has 0 aromatic rings. The van der Waals surface area contributed by atoms with Crippen molar-refractivity contribution in [1.82, 2.24) is 10.2 Å². The van der Waals surface area contributed by atoms with Crippen LogP contribution in [-0.2, 0) is 4.79 Å². The fourth-order valence-electron chi connectivity index (χ4n) is 1.56. The summed E-state index contributed by atoms with van der Waals surface area (Å²) in [5, 5.41) is 12.0. The van der Waals surface area contributed by atoms with Gasteiger partial charge in [-0.15, -0.1) is 0 Å². The number of hydrogen-bond donors (Lipinski definition) is 2. The molecule has 0 saturated carbocycles. The molecule has 1 atom stereocenters. The largest absolute Gasteiger partial charge is 0.392 e. The third-order valence-corrected chi connectivity index (χ3v) is 2.28. The van der Waals surface area contributed by atoms with Crippen LogP contribution in [0.3, 0.4) is 0 Å². The SMILES string of the molecule is CCNC(=O)CCN1CCC(O)C1. The Morgan fingerprint density at radius 2 is 2.46 bits per heavy atom. The molecule has 76 valence electrons. The van der Waals surface area contributed by atoms with Gasteiger partial charge in [0, 0.05) is 32.6 Å². The van der Waals surface area contributed by atoms with E-state index in [2.05, 4.69) is 10.2 Å². The van der Waals surface area contributed by atoms with Gasteiger partial charge in [0.05, 0.1) is 6.10 Å². The average molecular weight is 186 g/mol. The predicted octanol–water partition coefficient (Wildman–Crippen LogP) is -0.421. The highest BCUT2D eigenvalue weighted by Gasteiger charge is 2.19. The number of carbonyl (C=O) groups excluding carboxylic acids is 1. The van der Waals surface area contributed by atoms with Crippen LogP contribution in [0.2, 0.25) is 0 Å². The van der Waals surface area contributed by atoms with Gasteiger partial charge >= 0.3 is 0 Å². The zero-order valence-electron chi connectivity index (χ0n) is 8.12. The van der Waals surface area contributed by atoms with Crippen LogP contribution in [0.1, 0.15) is 19.8 Å². The third kappa shape index (κ3) is 3.74. The molecule has 0 spiro atoms. The van der Waals surface area contributed by atoms with Crippen molar-refractivity contribution in [2.24, 2.45) is 0 Å². The van der Waals surface area contributed by atoms with Crippen LogP contribution in [0.5, 0.6) is 0 Å².